The normalized spacial score (nSPS) is 8.73. The maximum absolute atomic E-state index is 8.18. The van der Waals surface area contributed by atoms with Crippen molar-refractivity contribution in [2.24, 2.45) is 5.73 Å². The zero-order valence-corrected chi connectivity index (χ0v) is 5.95. The van der Waals surface area contributed by atoms with Gasteiger partial charge in [-0.15, -0.1) is 5.26 Å². The van der Waals surface area contributed by atoms with Crippen LogP contribution in [-0.4, -0.2) is 0 Å². The van der Waals surface area contributed by atoms with Gasteiger partial charge in [0.05, 0.1) is 0 Å². The third kappa shape index (κ3) is 1.95. The molecule has 1 aromatic carbocycles. The second kappa shape index (κ2) is 3.59. The average molecular weight is 148 g/mol. The first kappa shape index (κ1) is 7.58. The molecule has 1 rings (SSSR count). The van der Waals surface area contributed by atoms with Crippen LogP contribution in [0.1, 0.15) is 5.56 Å². The molecule has 0 aliphatic rings. The molecule has 3 heteroatoms. The highest BCUT2D eigenvalue weighted by molar-refractivity contribution is 5.28. The maximum atomic E-state index is 8.18. The summed E-state index contributed by atoms with van der Waals surface area (Å²) in [5.74, 6) is 0.537. The summed E-state index contributed by atoms with van der Waals surface area (Å²) < 4.78 is 4.60. The van der Waals surface area contributed by atoms with Gasteiger partial charge in [0.25, 0.3) is 6.26 Å². The maximum Gasteiger partial charge on any atom is 0.292 e. The predicted molar refractivity (Wildman–Crippen MR) is 40.6 cm³/mol. The quantitative estimate of drug-likeness (QED) is 0.636. The minimum Gasteiger partial charge on any atom is -0.388 e. The number of hydrogen-bond acceptors (Lipinski definition) is 3. The van der Waals surface area contributed by atoms with Crippen molar-refractivity contribution < 1.29 is 4.74 Å². The van der Waals surface area contributed by atoms with Crippen molar-refractivity contribution in [3.63, 3.8) is 0 Å². The van der Waals surface area contributed by atoms with Crippen LogP contribution in [0.25, 0.3) is 0 Å². The first-order valence-electron chi connectivity index (χ1n) is 3.22. The molecule has 0 heterocycles. The Morgan fingerprint density at radius 3 is 3.00 bits per heavy atom. The van der Waals surface area contributed by atoms with Crippen molar-refractivity contribution in [2.45, 2.75) is 6.54 Å². The van der Waals surface area contributed by atoms with Crippen molar-refractivity contribution in [3.8, 4) is 12.0 Å². The van der Waals surface area contributed by atoms with E-state index in [0.717, 1.165) is 5.56 Å². The number of hydrogen-bond donors (Lipinski definition) is 1. The van der Waals surface area contributed by atoms with Crippen LogP contribution in [0.5, 0.6) is 5.75 Å². The van der Waals surface area contributed by atoms with Crippen molar-refractivity contribution in [2.75, 3.05) is 0 Å². The summed E-state index contributed by atoms with van der Waals surface area (Å²) in [6.45, 7) is 0.461. The lowest BCUT2D eigenvalue weighted by molar-refractivity contribution is 0.506. The smallest absolute Gasteiger partial charge is 0.292 e. The lowest BCUT2D eigenvalue weighted by Crippen LogP contribution is -1.95. The second-order valence-corrected chi connectivity index (χ2v) is 2.04. The summed E-state index contributed by atoms with van der Waals surface area (Å²) in [5.41, 5.74) is 6.33. The molecule has 0 aliphatic heterocycles. The summed E-state index contributed by atoms with van der Waals surface area (Å²) in [6.07, 6.45) is 1.59. The number of benzene rings is 1. The largest absolute Gasteiger partial charge is 0.388 e. The monoisotopic (exact) mass is 148 g/mol. The Morgan fingerprint density at radius 1 is 1.55 bits per heavy atom. The Morgan fingerprint density at radius 2 is 2.36 bits per heavy atom. The van der Waals surface area contributed by atoms with Crippen molar-refractivity contribution in [3.05, 3.63) is 29.8 Å². The van der Waals surface area contributed by atoms with Gasteiger partial charge in [-0.1, -0.05) is 12.1 Å². The van der Waals surface area contributed by atoms with E-state index in [0.29, 0.717) is 12.3 Å². The van der Waals surface area contributed by atoms with Crippen LogP contribution >= 0.6 is 0 Å². The van der Waals surface area contributed by atoms with E-state index >= 15 is 0 Å². The number of rotatable bonds is 2. The summed E-state index contributed by atoms with van der Waals surface area (Å²) in [4.78, 5) is 0. The molecule has 0 radical (unpaired) electrons. The van der Waals surface area contributed by atoms with Crippen LogP contribution in [0.4, 0.5) is 0 Å². The molecule has 11 heavy (non-hydrogen) atoms. The molecule has 2 N–H and O–H groups in total. The van der Waals surface area contributed by atoms with Crippen LogP contribution < -0.4 is 10.5 Å². The highest BCUT2D eigenvalue weighted by atomic mass is 16.5. The van der Waals surface area contributed by atoms with Gasteiger partial charge in [-0.25, -0.2) is 0 Å². The van der Waals surface area contributed by atoms with Gasteiger partial charge >= 0.3 is 0 Å². The standard InChI is InChI=1S/C8H8N2O/c9-5-7-2-1-3-8(4-7)11-6-10/h1-4H,5,9H2. The van der Waals surface area contributed by atoms with Crippen LogP contribution in [0, 0.1) is 11.5 Å². The van der Waals surface area contributed by atoms with Crippen LogP contribution in [0.3, 0.4) is 0 Å². The molecule has 0 bridgehead atoms. The SMILES string of the molecule is N#COc1cccc(CN)c1. The van der Waals surface area contributed by atoms with E-state index in [2.05, 4.69) is 4.74 Å². The molecular weight excluding hydrogens is 140 g/mol. The summed E-state index contributed by atoms with van der Waals surface area (Å²) in [5, 5.41) is 8.18. The Balaban J connectivity index is 2.84. The van der Waals surface area contributed by atoms with Gasteiger partial charge in [0, 0.05) is 6.54 Å². The van der Waals surface area contributed by atoms with E-state index in [1.54, 1.807) is 24.5 Å². The van der Waals surface area contributed by atoms with Gasteiger partial charge in [-0.2, -0.15) is 0 Å². The molecule has 0 atom stereocenters. The third-order valence-corrected chi connectivity index (χ3v) is 1.30. The Bertz CT molecular complexity index is 278. The minimum atomic E-state index is 0.461. The fourth-order valence-electron chi connectivity index (χ4n) is 0.789. The Kier molecular flexibility index (Phi) is 2.47. The lowest BCUT2D eigenvalue weighted by atomic mass is 10.2. The first-order chi connectivity index (χ1) is 5.36. The van der Waals surface area contributed by atoms with Crippen LogP contribution in [0.2, 0.25) is 0 Å². The zero-order valence-electron chi connectivity index (χ0n) is 5.95. The van der Waals surface area contributed by atoms with Crippen molar-refractivity contribution >= 4 is 0 Å². The van der Waals surface area contributed by atoms with E-state index < -0.39 is 0 Å². The summed E-state index contributed by atoms with van der Waals surface area (Å²) >= 11 is 0. The van der Waals surface area contributed by atoms with Gasteiger partial charge in [-0.05, 0) is 17.7 Å². The molecule has 0 fully saturated rings. The van der Waals surface area contributed by atoms with Crippen LogP contribution in [0.15, 0.2) is 24.3 Å². The Hall–Kier alpha value is -1.53. The van der Waals surface area contributed by atoms with Gasteiger partial charge in [0.2, 0.25) is 0 Å². The molecule has 0 aliphatic carbocycles. The van der Waals surface area contributed by atoms with E-state index in [4.69, 9.17) is 11.0 Å². The molecule has 0 amide bonds. The lowest BCUT2D eigenvalue weighted by Gasteiger charge is -1.97. The van der Waals surface area contributed by atoms with Gasteiger partial charge in [0.1, 0.15) is 5.75 Å². The van der Waals surface area contributed by atoms with Gasteiger partial charge in [-0.3, -0.25) is 0 Å². The van der Waals surface area contributed by atoms with E-state index in [-0.39, 0.29) is 0 Å². The van der Waals surface area contributed by atoms with E-state index in [1.807, 2.05) is 6.07 Å². The fourth-order valence-corrected chi connectivity index (χ4v) is 0.789. The number of nitrogens with zero attached hydrogens (tertiary/aromatic N) is 1. The Labute approximate surface area is 65.0 Å². The summed E-state index contributed by atoms with van der Waals surface area (Å²) in [7, 11) is 0. The third-order valence-electron chi connectivity index (χ3n) is 1.30. The van der Waals surface area contributed by atoms with Crippen LogP contribution in [-0.2, 0) is 6.54 Å². The van der Waals surface area contributed by atoms with E-state index in [9.17, 15) is 0 Å². The number of ether oxygens (including phenoxy) is 1. The average Bonchev–Trinajstić information content (AvgIpc) is 2.06. The molecule has 1 aromatic rings. The van der Waals surface area contributed by atoms with E-state index in [1.165, 1.54) is 0 Å². The molecule has 0 saturated heterocycles. The molecule has 56 valence electrons. The van der Waals surface area contributed by atoms with Crippen molar-refractivity contribution in [1.82, 2.24) is 0 Å². The number of nitriles is 1. The molecule has 0 aromatic heterocycles. The zero-order chi connectivity index (χ0) is 8.10. The van der Waals surface area contributed by atoms with Gasteiger partial charge < -0.3 is 10.5 Å². The minimum absolute atomic E-state index is 0.461. The molecule has 0 saturated carbocycles. The highest BCUT2D eigenvalue weighted by Crippen LogP contribution is 2.11. The van der Waals surface area contributed by atoms with Gasteiger partial charge in [0.15, 0.2) is 0 Å². The topological polar surface area (TPSA) is 59.0 Å². The molecule has 3 nitrogen and oxygen atoms in total. The fraction of sp³-hybridized carbons (Fsp3) is 0.125. The number of nitrogens with two attached hydrogens (primary N) is 1. The molecule has 0 unspecified atom stereocenters. The second-order valence-electron chi connectivity index (χ2n) is 2.04. The predicted octanol–water partition coefficient (Wildman–Crippen LogP) is 1.01. The highest BCUT2D eigenvalue weighted by Gasteiger charge is 1.93. The molecular formula is C8H8N2O. The first-order valence-corrected chi connectivity index (χ1v) is 3.22. The summed E-state index contributed by atoms with van der Waals surface area (Å²) in [6, 6.07) is 7.13. The van der Waals surface area contributed by atoms with Crippen molar-refractivity contribution in [1.29, 1.82) is 5.26 Å². The molecule has 0 spiro atoms.